The molecule has 0 bridgehead atoms. The topological polar surface area (TPSA) is 29.5 Å². The van der Waals surface area contributed by atoms with E-state index in [-0.39, 0.29) is 18.5 Å². The van der Waals surface area contributed by atoms with Gasteiger partial charge in [0.05, 0.1) is 27.7 Å². The molecule has 3 nitrogen and oxygen atoms in total. The lowest BCUT2D eigenvalue weighted by Crippen LogP contribution is -3.00. The molecule has 4 heteroatoms. The fraction of sp³-hybridized carbons (Fsp3) is 1.00. The van der Waals surface area contributed by atoms with Crippen molar-refractivity contribution in [1.29, 1.82) is 0 Å². The van der Waals surface area contributed by atoms with Crippen molar-refractivity contribution in [3.05, 3.63) is 0 Å². The molecular weight excluding hydrogens is 274 g/mol. The number of unbranched alkanes of at least 4 members (excludes halogenated alkanes) is 7. The van der Waals surface area contributed by atoms with E-state index in [1.807, 2.05) is 0 Å². The summed E-state index contributed by atoms with van der Waals surface area (Å²) in [4.78, 5) is 0. The third-order valence-electron chi connectivity index (χ3n) is 3.21. The van der Waals surface area contributed by atoms with E-state index in [2.05, 4.69) is 28.1 Å². The van der Waals surface area contributed by atoms with Gasteiger partial charge >= 0.3 is 0 Å². The van der Waals surface area contributed by atoms with Crippen molar-refractivity contribution < 1.29 is 26.7 Å². The molecule has 0 spiro atoms. The lowest BCUT2D eigenvalue weighted by molar-refractivity contribution is -0.873. The molecule has 0 fully saturated rings. The molecule has 1 atom stereocenters. The second kappa shape index (κ2) is 14.1. The van der Waals surface area contributed by atoms with Crippen LogP contribution in [0.25, 0.3) is 0 Å². The minimum absolute atomic E-state index is 0. The van der Waals surface area contributed by atoms with Crippen LogP contribution < -0.4 is 12.4 Å². The van der Waals surface area contributed by atoms with E-state index in [9.17, 15) is 5.11 Å². The monoisotopic (exact) mass is 309 g/mol. The van der Waals surface area contributed by atoms with Gasteiger partial charge in [0.2, 0.25) is 0 Å². The maximum atomic E-state index is 9.77. The van der Waals surface area contributed by atoms with Gasteiger partial charge in [0, 0.05) is 6.61 Å². The van der Waals surface area contributed by atoms with Crippen LogP contribution in [-0.2, 0) is 4.74 Å². The molecule has 0 saturated carbocycles. The first-order chi connectivity index (χ1) is 8.95. The number of quaternary nitrogens is 1. The van der Waals surface area contributed by atoms with Crippen LogP contribution in [0, 0.1) is 0 Å². The Labute approximate surface area is 132 Å². The summed E-state index contributed by atoms with van der Waals surface area (Å²) in [5.41, 5.74) is 0. The summed E-state index contributed by atoms with van der Waals surface area (Å²) in [6.45, 7) is 4.27. The Bertz CT molecular complexity index is 195. The van der Waals surface area contributed by atoms with Crippen LogP contribution in [0.4, 0.5) is 0 Å². The first kappa shape index (κ1) is 22.5. The second-order valence-electron chi connectivity index (χ2n) is 6.68. The molecule has 0 aromatic heterocycles. The lowest BCUT2D eigenvalue weighted by Gasteiger charge is -2.26. The molecule has 1 N–H and O–H groups in total. The Morgan fingerprint density at radius 3 is 1.90 bits per heavy atom. The summed E-state index contributed by atoms with van der Waals surface area (Å²) in [6, 6.07) is 0. The predicted octanol–water partition coefficient (Wildman–Crippen LogP) is 0.215. The van der Waals surface area contributed by atoms with Crippen molar-refractivity contribution in [3.8, 4) is 0 Å². The first-order valence-corrected chi connectivity index (χ1v) is 8.02. The number of likely N-dealkylation sites (N-methyl/N-ethyl adjacent to an activating group) is 1. The molecule has 0 amide bonds. The summed E-state index contributed by atoms with van der Waals surface area (Å²) in [5, 5.41) is 9.77. The number of halogens is 1. The molecule has 0 aliphatic carbocycles. The lowest BCUT2D eigenvalue weighted by atomic mass is 10.1. The standard InChI is InChI=1S/C16H36NO2.ClH/c1-5-6-7-8-9-10-11-12-13-19-15-16(18)14-17(2,3)4;/h16,18H,5-15H2,1-4H3;1H/q+1;/p-1. The predicted molar refractivity (Wildman–Crippen MR) is 82.3 cm³/mol. The number of hydrogen-bond donors (Lipinski definition) is 1. The fourth-order valence-electron chi connectivity index (χ4n) is 2.24. The highest BCUT2D eigenvalue weighted by atomic mass is 35.5. The zero-order valence-corrected chi connectivity index (χ0v) is 14.8. The minimum atomic E-state index is -0.339. The maximum Gasteiger partial charge on any atom is 0.126 e. The zero-order valence-electron chi connectivity index (χ0n) is 14.0. The van der Waals surface area contributed by atoms with Crippen molar-refractivity contribution in [2.75, 3.05) is 40.9 Å². The fourth-order valence-corrected chi connectivity index (χ4v) is 2.24. The van der Waals surface area contributed by atoms with Crippen LogP contribution in [0.3, 0.4) is 0 Å². The molecule has 0 rings (SSSR count). The molecular formula is C16H36ClNO2. The summed E-state index contributed by atoms with van der Waals surface area (Å²) in [7, 11) is 6.26. The van der Waals surface area contributed by atoms with Crippen molar-refractivity contribution in [3.63, 3.8) is 0 Å². The van der Waals surface area contributed by atoms with Crippen LogP contribution in [-0.4, -0.2) is 56.6 Å². The number of aliphatic hydroxyl groups excluding tert-OH is 1. The van der Waals surface area contributed by atoms with E-state index in [1.54, 1.807) is 0 Å². The molecule has 0 radical (unpaired) electrons. The van der Waals surface area contributed by atoms with E-state index < -0.39 is 0 Å². The molecule has 0 aliphatic heterocycles. The highest BCUT2D eigenvalue weighted by Crippen LogP contribution is 2.08. The van der Waals surface area contributed by atoms with Gasteiger partial charge in [-0.15, -0.1) is 0 Å². The number of ether oxygens (including phenoxy) is 1. The van der Waals surface area contributed by atoms with E-state index in [0.29, 0.717) is 6.61 Å². The van der Waals surface area contributed by atoms with Gasteiger partial charge in [-0.05, 0) is 6.42 Å². The third-order valence-corrected chi connectivity index (χ3v) is 3.21. The van der Waals surface area contributed by atoms with E-state index in [0.717, 1.165) is 24.1 Å². The first-order valence-electron chi connectivity index (χ1n) is 8.02. The van der Waals surface area contributed by atoms with Gasteiger partial charge in [0.15, 0.2) is 0 Å². The van der Waals surface area contributed by atoms with Crippen molar-refractivity contribution in [1.82, 2.24) is 0 Å². The summed E-state index contributed by atoms with van der Waals surface area (Å²) in [5.74, 6) is 0. The van der Waals surface area contributed by atoms with Crippen molar-refractivity contribution >= 4 is 0 Å². The Balaban J connectivity index is 0. The smallest absolute Gasteiger partial charge is 0.126 e. The van der Waals surface area contributed by atoms with Crippen molar-refractivity contribution in [2.24, 2.45) is 0 Å². The van der Waals surface area contributed by atoms with Gasteiger partial charge in [-0.3, -0.25) is 0 Å². The van der Waals surface area contributed by atoms with E-state index >= 15 is 0 Å². The summed E-state index contributed by atoms with van der Waals surface area (Å²) in [6.07, 6.45) is 10.2. The molecule has 0 heterocycles. The normalized spacial score (nSPS) is 13.1. The number of hydrogen-bond acceptors (Lipinski definition) is 2. The highest BCUT2D eigenvalue weighted by Gasteiger charge is 2.14. The molecule has 0 aromatic rings. The average molecular weight is 310 g/mol. The van der Waals surface area contributed by atoms with Crippen LogP contribution in [0.1, 0.15) is 58.3 Å². The molecule has 1 unspecified atom stereocenters. The molecule has 0 saturated heterocycles. The zero-order chi connectivity index (χ0) is 14.6. The number of nitrogens with zero attached hydrogens (tertiary/aromatic N) is 1. The number of rotatable bonds is 13. The molecule has 0 aliphatic rings. The van der Waals surface area contributed by atoms with Crippen LogP contribution in [0.15, 0.2) is 0 Å². The van der Waals surface area contributed by atoms with E-state index in [1.165, 1.54) is 44.9 Å². The Morgan fingerprint density at radius 2 is 1.40 bits per heavy atom. The third kappa shape index (κ3) is 18.2. The largest absolute Gasteiger partial charge is 1.00 e. The quantitative estimate of drug-likeness (QED) is 0.389. The second-order valence-corrected chi connectivity index (χ2v) is 6.68. The Morgan fingerprint density at radius 1 is 0.900 bits per heavy atom. The van der Waals surface area contributed by atoms with Gasteiger partial charge in [-0.2, -0.15) is 0 Å². The SMILES string of the molecule is CCCCCCCCCCOCC(O)C[N+](C)(C)C.[Cl-]. The van der Waals surface area contributed by atoms with Gasteiger partial charge in [-0.25, -0.2) is 0 Å². The molecule has 20 heavy (non-hydrogen) atoms. The number of aliphatic hydroxyl groups is 1. The van der Waals surface area contributed by atoms with Crippen LogP contribution in [0.2, 0.25) is 0 Å². The maximum absolute atomic E-state index is 9.77. The van der Waals surface area contributed by atoms with Gasteiger partial charge in [-0.1, -0.05) is 51.9 Å². The molecule has 124 valence electrons. The van der Waals surface area contributed by atoms with Gasteiger partial charge < -0.3 is 26.7 Å². The average Bonchev–Trinajstić information content (AvgIpc) is 2.29. The summed E-state index contributed by atoms with van der Waals surface area (Å²) >= 11 is 0. The molecule has 0 aromatic carbocycles. The summed E-state index contributed by atoms with van der Waals surface area (Å²) < 4.78 is 6.31. The minimum Gasteiger partial charge on any atom is -1.00 e. The highest BCUT2D eigenvalue weighted by molar-refractivity contribution is 4.51. The van der Waals surface area contributed by atoms with Gasteiger partial charge in [0.25, 0.3) is 0 Å². The van der Waals surface area contributed by atoms with Crippen LogP contribution in [0.5, 0.6) is 0 Å². The Kier molecular flexibility index (Phi) is 15.9. The van der Waals surface area contributed by atoms with Crippen molar-refractivity contribution in [2.45, 2.75) is 64.4 Å². The van der Waals surface area contributed by atoms with E-state index in [4.69, 9.17) is 4.74 Å². The Hall–Kier alpha value is 0.170. The van der Waals surface area contributed by atoms with Crippen LogP contribution >= 0.6 is 0 Å². The van der Waals surface area contributed by atoms with Gasteiger partial charge in [0.1, 0.15) is 12.6 Å².